The summed E-state index contributed by atoms with van der Waals surface area (Å²) >= 11 is 0. The van der Waals surface area contributed by atoms with Gasteiger partial charge in [-0.05, 0) is 18.6 Å². The first-order chi connectivity index (χ1) is 14.7. The second kappa shape index (κ2) is 9.27. The molecule has 0 amide bonds. The molecule has 8 nitrogen and oxygen atoms in total. The lowest BCUT2D eigenvalue weighted by molar-refractivity contribution is -0.274. The number of benzene rings is 1. The van der Waals surface area contributed by atoms with Crippen LogP contribution in [-0.2, 0) is 24.8 Å². The fourth-order valence-corrected chi connectivity index (χ4v) is 3.10. The summed E-state index contributed by atoms with van der Waals surface area (Å²) in [5.74, 6) is 0.341. The molecule has 0 N–H and O–H groups in total. The molecule has 0 aliphatic carbocycles. The Morgan fingerprint density at radius 1 is 1.13 bits per heavy atom. The largest absolute Gasteiger partial charge is 0.573 e. The lowest BCUT2D eigenvalue weighted by Crippen LogP contribution is -2.40. The Kier molecular flexibility index (Phi) is 6.71. The van der Waals surface area contributed by atoms with Crippen molar-refractivity contribution in [2.75, 3.05) is 13.2 Å². The van der Waals surface area contributed by atoms with Crippen molar-refractivity contribution >= 4 is 11.7 Å². The zero-order valence-corrected chi connectivity index (χ0v) is 17.1. The van der Waals surface area contributed by atoms with E-state index in [-0.39, 0.29) is 48.4 Å². The molecule has 0 atom stereocenters. The number of alkyl halides is 3. The lowest BCUT2D eigenvalue weighted by Gasteiger charge is -2.11. The van der Waals surface area contributed by atoms with Crippen LogP contribution in [-0.4, -0.2) is 34.6 Å². The molecule has 2 aromatic rings. The van der Waals surface area contributed by atoms with E-state index >= 15 is 0 Å². The molecule has 168 valence electrons. The van der Waals surface area contributed by atoms with E-state index in [9.17, 15) is 22.8 Å². The van der Waals surface area contributed by atoms with Gasteiger partial charge in [-0.3, -0.25) is 13.9 Å². The molecule has 1 aliphatic rings. The molecular weight excluding hydrogens is 419 g/mol. The van der Waals surface area contributed by atoms with Crippen LogP contribution in [0.1, 0.15) is 25.3 Å². The van der Waals surface area contributed by atoms with Gasteiger partial charge in [0.1, 0.15) is 30.5 Å². The maximum atomic E-state index is 12.6. The number of hydrogen-bond acceptors (Lipinski definition) is 6. The van der Waals surface area contributed by atoms with Gasteiger partial charge in [0.15, 0.2) is 5.90 Å². The summed E-state index contributed by atoms with van der Waals surface area (Å²) in [5, 5.41) is 0. The van der Waals surface area contributed by atoms with E-state index in [0.717, 1.165) is 12.5 Å². The summed E-state index contributed by atoms with van der Waals surface area (Å²) in [4.78, 5) is 29.3. The van der Waals surface area contributed by atoms with Crippen LogP contribution in [0, 0.1) is 0 Å². The molecule has 31 heavy (non-hydrogen) atoms. The van der Waals surface area contributed by atoms with E-state index < -0.39 is 12.1 Å². The normalized spacial score (nSPS) is 13.0. The highest BCUT2D eigenvalue weighted by Gasteiger charge is 2.31. The molecule has 0 fully saturated rings. The second-order valence-corrected chi connectivity index (χ2v) is 6.86. The average molecular weight is 441 g/mol. The SMILES string of the molecule is CCCCn1c(=O)c2c(n(C)c1=O)N=C(OCCOc1cccc(OC(F)(F)F)c1)C2. The summed E-state index contributed by atoms with van der Waals surface area (Å²) in [6.07, 6.45) is -3.07. The van der Waals surface area contributed by atoms with E-state index in [0.29, 0.717) is 18.5 Å². The van der Waals surface area contributed by atoms with Gasteiger partial charge in [-0.15, -0.1) is 13.2 Å². The molecule has 0 bridgehead atoms. The Balaban J connectivity index is 1.58. The number of fused-ring (bicyclic) bond motifs is 1. The van der Waals surface area contributed by atoms with Crippen molar-refractivity contribution in [3.8, 4) is 11.5 Å². The predicted molar refractivity (Wildman–Crippen MR) is 106 cm³/mol. The van der Waals surface area contributed by atoms with Crippen molar-refractivity contribution in [3.05, 3.63) is 50.7 Å². The van der Waals surface area contributed by atoms with Crippen LogP contribution < -0.4 is 20.7 Å². The monoisotopic (exact) mass is 441 g/mol. The molecule has 3 rings (SSSR count). The van der Waals surface area contributed by atoms with Gasteiger partial charge in [0.2, 0.25) is 0 Å². The van der Waals surface area contributed by atoms with Gasteiger partial charge in [0.25, 0.3) is 5.56 Å². The predicted octanol–water partition coefficient (Wildman–Crippen LogP) is 2.93. The van der Waals surface area contributed by atoms with Gasteiger partial charge >= 0.3 is 12.1 Å². The van der Waals surface area contributed by atoms with Crippen molar-refractivity contribution in [2.24, 2.45) is 12.0 Å². The molecular formula is C20H22F3N3O5. The van der Waals surface area contributed by atoms with Crippen LogP contribution in [0.5, 0.6) is 11.5 Å². The number of nitrogens with zero attached hydrogens (tertiary/aromatic N) is 3. The first-order valence-electron chi connectivity index (χ1n) is 9.71. The average Bonchev–Trinajstić information content (AvgIpc) is 3.13. The first kappa shape index (κ1) is 22.4. The molecule has 0 saturated heterocycles. The number of aliphatic imine (C=N–C) groups is 1. The van der Waals surface area contributed by atoms with E-state index in [1.54, 1.807) is 7.05 Å². The van der Waals surface area contributed by atoms with Crippen molar-refractivity contribution < 1.29 is 27.4 Å². The second-order valence-electron chi connectivity index (χ2n) is 6.86. The third kappa shape index (κ3) is 5.47. The summed E-state index contributed by atoms with van der Waals surface area (Å²) in [6, 6.07) is 5.14. The molecule has 0 saturated carbocycles. The van der Waals surface area contributed by atoms with Crippen LogP contribution in [0.3, 0.4) is 0 Å². The molecule has 1 aromatic heterocycles. The molecule has 11 heteroatoms. The fourth-order valence-electron chi connectivity index (χ4n) is 3.10. The van der Waals surface area contributed by atoms with Gasteiger partial charge in [0, 0.05) is 19.7 Å². The van der Waals surface area contributed by atoms with E-state index in [2.05, 4.69) is 9.73 Å². The number of rotatable bonds is 8. The Bertz CT molecular complexity index is 1090. The molecule has 1 aromatic carbocycles. The van der Waals surface area contributed by atoms with Gasteiger partial charge in [-0.25, -0.2) is 4.79 Å². The van der Waals surface area contributed by atoms with Crippen LogP contribution >= 0.6 is 0 Å². The first-order valence-corrected chi connectivity index (χ1v) is 9.71. The van der Waals surface area contributed by atoms with E-state index in [1.807, 2.05) is 6.92 Å². The summed E-state index contributed by atoms with van der Waals surface area (Å²) < 4.78 is 54.2. The minimum absolute atomic E-state index is 0.0322. The van der Waals surface area contributed by atoms with E-state index in [1.165, 1.54) is 27.3 Å². The third-order valence-corrected chi connectivity index (χ3v) is 4.56. The highest BCUT2D eigenvalue weighted by atomic mass is 19.4. The van der Waals surface area contributed by atoms with Gasteiger partial charge in [0.05, 0.1) is 12.0 Å². The highest BCUT2D eigenvalue weighted by Crippen LogP contribution is 2.26. The number of hydrogen-bond donors (Lipinski definition) is 0. The zero-order chi connectivity index (χ0) is 22.6. The third-order valence-electron chi connectivity index (χ3n) is 4.56. The number of halogens is 3. The Labute approximate surface area is 175 Å². The molecule has 0 unspecified atom stereocenters. The standard InChI is InChI=1S/C20H22F3N3O5/c1-3-4-8-26-18(27)15-12-16(24-17(15)25(2)19(26)28)30-10-9-29-13-6-5-7-14(11-13)31-20(21,22)23/h5-7,11H,3-4,8-10,12H2,1-2H3. The highest BCUT2D eigenvalue weighted by molar-refractivity contribution is 5.86. The molecule has 0 spiro atoms. The van der Waals surface area contributed by atoms with Crippen molar-refractivity contribution in [3.63, 3.8) is 0 Å². The molecule has 2 heterocycles. The zero-order valence-electron chi connectivity index (χ0n) is 17.1. The summed E-state index contributed by atoms with van der Waals surface area (Å²) in [6.45, 7) is 2.40. The Morgan fingerprint density at radius 2 is 1.84 bits per heavy atom. The van der Waals surface area contributed by atoms with Gasteiger partial charge in [-0.2, -0.15) is 4.99 Å². The maximum absolute atomic E-state index is 12.6. The lowest BCUT2D eigenvalue weighted by atomic mass is 10.2. The Hall–Kier alpha value is -3.24. The van der Waals surface area contributed by atoms with Crippen LogP contribution in [0.15, 0.2) is 38.8 Å². The number of unbranched alkanes of at least 4 members (excludes halogenated alkanes) is 1. The Morgan fingerprint density at radius 3 is 2.55 bits per heavy atom. The topological polar surface area (TPSA) is 84.1 Å². The summed E-state index contributed by atoms with van der Waals surface area (Å²) in [5.41, 5.74) is -0.399. The molecule has 0 radical (unpaired) electrons. The number of ether oxygens (including phenoxy) is 3. The minimum Gasteiger partial charge on any atom is -0.490 e. The number of aromatic nitrogens is 2. The van der Waals surface area contributed by atoms with Gasteiger partial charge in [-0.1, -0.05) is 19.4 Å². The smallest absolute Gasteiger partial charge is 0.490 e. The van der Waals surface area contributed by atoms with Crippen molar-refractivity contribution in [2.45, 2.75) is 39.1 Å². The van der Waals surface area contributed by atoms with Crippen LogP contribution in [0.2, 0.25) is 0 Å². The fraction of sp³-hybridized carbons (Fsp3) is 0.450. The van der Waals surface area contributed by atoms with E-state index in [4.69, 9.17) is 9.47 Å². The maximum Gasteiger partial charge on any atom is 0.573 e. The van der Waals surface area contributed by atoms with Crippen molar-refractivity contribution in [1.29, 1.82) is 0 Å². The van der Waals surface area contributed by atoms with Crippen LogP contribution in [0.25, 0.3) is 0 Å². The minimum atomic E-state index is -4.79. The summed E-state index contributed by atoms with van der Waals surface area (Å²) in [7, 11) is 1.55. The molecule has 1 aliphatic heterocycles. The quantitative estimate of drug-likeness (QED) is 0.589. The van der Waals surface area contributed by atoms with Crippen LogP contribution in [0.4, 0.5) is 19.0 Å². The van der Waals surface area contributed by atoms with Gasteiger partial charge < -0.3 is 14.2 Å². The van der Waals surface area contributed by atoms with Crippen molar-refractivity contribution in [1.82, 2.24) is 9.13 Å².